The third kappa shape index (κ3) is 2.37. The van der Waals surface area contributed by atoms with Gasteiger partial charge in [0.05, 0.1) is 10.8 Å². The van der Waals surface area contributed by atoms with Crippen molar-refractivity contribution >= 4 is 27.9 Å². The molecule has 4 heteroatoms. The van der Waals surface area contributed by atoms with Crippen molar-refractivity contribution in [2.24, 2.45) is 0 Å². The topological polar surface area (TPSA) is 69.1 Å². The molecule has 0 radical (unpaired) electrons. The quantitative estimate of drug-likeness (QED) is 0.745. The molecule has 108 valence electrons. The Balaban J connectivity index is 2.27. The second kappa shape index (κ2) is 5.20. The number of fused-ring (bicyclic) bond motifs is 2. The van der Waals surface area contributed by atoms with E-state index in [0.717, 1.165) is 30.4 Å². The van der Waals surface area contributed by atoms with Gasteiger partial charge in [-0.25, -0.2) is 0 Å². The standard InChI is InChI=1S/C17H18N2O2/c1-3-4-5-11-6-7-14-12(9-11)15(20)13-8-10(2)16(18)19-17(13)21-14/h6-9H,3-5H2,1-2H3,(H2,18,19). The maximum Gasteiger partial charge on any atom is 0.232 e. The summed E-state index contributed by atoms with van der Waals surface area (Å²) in [7, 11) is 0. The zero-order chi connectivity index (χ0) is 15.0. The molecule has 0 amide bonds. The van der Waals surface area contributed by atoms with Crippen LogP contribution in [0.3, 0.4) is 0 Å². The van der Waals surface area contributed by atoms with Crippen molar-refractivity contribution in [3.8, 4) is 0 Å². The average molecular weight is 282 g/mol. The third-order valence-electron chi connectivity index (χ3n) is 3.78. The minimum Gasteiger partial charge on any atom is -0.437 e. The Morgan fingerprint density at radius 3 is 2.81 bits per heavy atom. The second-order valence-corrected chi connectivity index (χ2v) is 5.41. The predicted octanol–water partition coefficient (Wildman–Crippen LogP) is 3.57. The number of hydrogen-bond donors (Lipinski definition) is 1. The van der Waals surface area contributed by atoms with Gasteiger partial charge < -0.3 is 10.2 Å². The van der Waals surface area contributed by atoms with Crippen molar-refractivity contribution in [3.05, 3.63) is 45.6 Å². The lowest BCUT2D eigenvalue weighted by atomic mass is 10.0. The lowest BCUT2D eigenvalue weighted by molar-refractivity contribution is 0.645. The Morgan fingerprint density at radius 2 is 2.05 bits per heavy atom. The summed E-state index contributed by atoms with van der Waals surface area (Å²) in [5.74, 6) is 0.393. The number of pyridine rings is 1. The molecule has 0 fully saturated rings. The molecule has 2 N–H and O–H groups in total. The van der Waals surface area contributed by atoms with Crippen LogP contribution in [0, 0.1) is 6.92 Å². The molecule has 2 aromatic heterocycles. The molecular formula is C17H18N2O2. The molecule has 0 aliphatic carbocycles. The second-order valence-electron chi connectivity index (χ2n) is 5.41. The minimum absolute atomic E-state index is 0.0415. The molecule has 2 heterocycles. The largest absolute Gasteiger partial charge is 0.437 e. The van der Waals surface area contributed by atoms with Gasteiger partial charge in [0.1, 0.15) is 11.4 Å². The van der Waals surface area contributed by atoms with Gasteiger partial charge in [0.2, 0.25) is 11.1 Å². The van der Waals surface area contributed by atoms with Crippen molar-refractivity contribution in [1.29, 1.82) is 0 Å². The molecule has 0 bridgehead atoms. The number of nitrogens with two attached hydrogens (primary N) is 1. The van der Waals surface area contributed by atoms with E-state index in [4.69, 9.17) is 10.2 Å². The number of benzene rings is 1. The van der Waals surface area contributed by atoms with Gasteiger partial charge >= 0.3 is 0 Å². The van der Waals surface area contributed by atoms with E-state index in [-0.39, 0.29) is 5.43 Å². The molecule has 3 aromatic rings. The Bertz CT molecular complexity index is 881. The lowest BCUT2D eigenvalue weighted by Crippen LogP contribution is -2.06. The first-order chi connectivity index (χ1) is 10.1. The van der Waals surface area contributed by atoms with E-state index in [1.54, 1.807) is 6.07 Å². The number of aryl methyl sites for hydroxylation is 2. The van der Waals surface area contributed by atoms with Crippen LogP contribution in [0.15, 0.2) is 33.5 Å². The highest BCUT2D eigenvalue weighted by Crippen LogP contribution is 2.21. The Hall–Kier alpha value is -2.36. The fourth-order valence-corrected chi connectivity index (χ4v) is 2.48. The number of anilines is 1. The molecule has 21 heavy (non-hydrogen) atoms. The third-order valence-corrected chi connectivity index (χ3v) is 3.78. The van der Waals surface area contributed by atoms with E-state index < -0.39 is 0 Å². The summed E-state index contributed by atoms with van der Waals surface area (Å²) in [6.45, 7) is 3.99. The Morgan fingerprint density at radius 1 is 1.24 bits per heavy atom. The van der Waals surface area contributed by atoms with Gasteiger partial charge in [-0.2, -0.15) is 4.98 Å². The van der Waals surface area contributed by atoms with E-state index in [2.05, 4.69) is 11.9 Å². The van der Waals surface area contributed by atoms with Crippen molar-refractivity contribution in [2.75, 3.05) is 5.73 Å². The Labute approximate surface area is 122 Å². The monoisotopic (exact) mass is 282 g/mol. The number of rotatable bonds is 3. The first-order valence-corrected chi connectivity index (χ1v) is 7.22. The number of nitrogens with zero attached hydrogens (tertiary/aromatic N) is 1. The maximum absolute atomic E-state index is 12.6. The van der Waals surface area contributed by atoms with E-state index in [9.17, 15) is 4.79 Å². The van der Waals surface area contributed by atoms with Gasteiger partial charge in [0.15, 0.2) is 0 Å². The SMILES string of the molecule is CCCCc1ccc2oc3nc(N)c(C)cc3c(=O)c2c1. The predicted molar refractivity (Wildman–Crippen MR) is 85.5 cm³/mol. The van der Waals surface area contributed by atoms with Gasteiger partial charge in [0.25, 0.3) is 0 Å². The van der Waals surface area contributed by atoms with Crippen LogP contribution in [0.1, 0.15) is 30.9 Å². The highest BCUT2D eigenvalue weighted by Gasteiger charge is 2.11. The highest BCUT2D eigenvalue weighted by molar-refractivity contribution is 5.89. The van der Waals surface area contributed by atoms with Crippen LogP contribution < -0.4 is 11.2 Å². The van der Waals surface area contributed by atoms with Gasteiger partial charge in [-0.15, -0.1) is 0 Å². The summed E-state index contributed by atoms with van der Waals surface area (Å²) < 4.78 is 5.73. The molecule has 0 aliphatic heterocycles. The smallest absolute Gasteiger partial charge is 0.232 e. The number of nitrogen functional groups attached to an aromatic ring is 1. The molecule has 3 rings (SSSR count). The normalized spacial score (nSPS) is 11.3. The lowest BCUT2D eigenvalue weighted by Gasteiger charge is -2.05. The van der Waals surface area contributed by atoms with Crippen LogP contribution in [0.5, 0.6) is 0 Å². The van der Waals surface area contributed by atoms with E-state index in [1.807, 2.05) is 25.1 Å². The fourth-order valence-electron chi connectivity index (χ4n) is 2.48. The zero-order valence-corrected chi connectivity index (χ0v) is 12.3. The van der Waals surface area contributed by atoms with Crippen molar-refractivity contribution in [1.82, 2.24) is 4.98 Å². The summed E-state index contributed by atoms with van der Waals surface area (Å²) >= 11 is 0. The molecule has 1 aromatic carbocycles. The molecule has 0 unspecified atom stereocenters. The minimum atomic E-state index is -0.0415. The molecule has 0 spiro atoms. The van der Waals surface area contributed by atoms with E-state index >= 15 is 0 Å². The summed E-state index contributed by atoms with van der Waals surface area (Å²) in [5.41, 5.74) is 8.56. The molecular weight excluding hydrogens is 264 g/mol. The zero-order valence-electron chi connectivity index (χ0n) is 12.3. The van der Waals surface area contributed by atoms with Crippen LogP contribution >= 0.6 is 0 Å². The van der Waals surface area contributed by atoms with Gasteiger partial charge in [0, 0.05) is 0 Å². The molecule has 0 saturated carbocycles. The summed E-state index contributed by atoms with van der Waals surface area (Å²) in [6.07, 6.45) is 3.22. The van der Waals surface area contributed by atoms with Crippen molar-refractivity contribution < 1.29 is 4.42 Å². The average Bonchev–Trinajstić information content (AvgIpc) is 2.48. The highest BCUT2D eigenvalue weighted by atomic mass is 16.3. The number of unbranched alkanes of at least 4 members (excludes halogenated alkanes) is 1. The van der Waals surface area contributed by atoms with Crippen LogP contribution in [-0.2, 0) is 6.42 Å². The van der Waals surface area contributed by atoms with Gasteiger partial charge in [-0.05, 0) is 49.1 Å². The van der Waals surface area contributed by atoms with Crippen molar-refractivity contribution in [2.45, 2.75) is 33.1 Å². The van der Waals surface area contributed by atoms with Gasteiger partial charge in [-0.3, -0.25) is 4.79 Å². The first-order valence-electron chi connectivity index (χ1n) is 7.22. The fraction of sp³-hybridized carbons (Fsp3) is 0.294. The summed E-state index contributed by atoms with van der Waals surface area (Å²) in [6, 6.07) is 7.53. The molecule has 0 aliphatic rings. The van der Waals surface area contributed by atoms with E-state index in [0.29, 0.717) is 27.9 Å². The molecule has 4 nitrogen and oxygen atoms in total. The molecule has 0 saturated heterocycles. The van der Waals surface area contributed by atoms with Crippen molar-refractivity contribution in [3.63, 3.8) is 0 Å². The number of aromatic nitrogens is 1. The van der Waals surface area contributed by atoms with E-state index in [1.165, 1.54) is 0 Å². The van der Waals surface area contributed by atoms with Crippen LogP contribution in [0.25, 0.3) is 22.1 Å². The summed E-state index contributed by atoms with van der Waals surface area (Å²) in [5, 5.41) is 1.10. The van der Waals surface area contributed by atoms with Crippen LogP contribution in [0.2, 0.25) is 0 Å². The van der Waals surface area contributed by atoms with Crippen LogP contribution in [-0.4, -0.2) is 4.98 Å². The first kappa shape index (κ1) is 13.6. The maximum atomic E-state index is 12.6. The number of hydrogen-bond acceptors (Lipinski definition) is 4. The van der Waals surface area contributed by atoms with Gasteiger partial charge in [-0.1, -0.05) is 19.4 Å². The molecule has 0 atom stereocenters. The Kier molecular flexibility index (Phi) is 3.37. The van der Waals surface area contributed by atoms with Crippen LogP contribution in [0.4, 0.5) is 5.82 Å². The summed E-state index contributed by atoms with van der Waals surface area (Å²) in [4.78, 5) is 16.8.